The second-order valence-electron chi connectivity index (χ2n) is 6.11. The van der Waals surface area contributed by atoms with Crippen LogP contribution in [0.15, 0.2) is 30.4 Å². The summed E-state index contributed by atoms with van der Waals surface area (Å²) in [5, 5.41) is 0. The van der Waals surface area contributed by atoms with Crippen LogP contribution in [-0.4, -0.2) is 32.1 Å². The van der Waals surface area contributed by atoms with E-state index in [9.17, 15) is 9.59 Å². The lowest BCUT2D eigenvalue weighted by atomic mass is 9.88. The number of Topliss-reactive ketones (excluding diaryl/α,β-unsaturated/α-hetero) is 1. The Morgan fingerprint density at radius 1 is 1.28 bits per heavy atom. The van der Waals surface area contributed by atoms with E-state index < -0.39 is 0 Å². The summed E-state index contributed by atoms with van der Waals surface area (Å²) >= 11 is 0. The number of ether oxygens (including phenoxy) is 3. The van der Waals surface area contributed by atoms with Crippen molar-refractivity contribution in [2.75, 3.05) is 20.5 Å². The number of benzene rings is 1. The third-order valence-electron chi connectivity index (χ3n) is 4.18. The van der Waals surface area contributed by atoms with Gasteiger partial charge in [0.1, 0.15) is 0 Å². The summed E-state index contributed by atoms with van der Waals surface area (Å²) in [5.74, 6) is 1.42. The molecule has 2 rings (SSSR count). The number of para-hydroxylation sites is 1. The fraction of sp³-hybridized carbons (Fsp3) is 0.500. The summed E-state index contributed by atoms with van der Waals surface area (Å²) in [6, 6.07) is 5.35. The number of carbonyl (C=O) groups excluding carboxylic acids is 2. The lowest BCUT2D eigenvalue weighted by Crippen LogP contribution is -2.13. The predicted octanol–water partition coefficient (Wildman–Crippen LogP) is 3.96. The molecule has 1 unspecified atom stereocenters. The Labute approximate surface area is 149 Å². The maximum absolute atomic E-state index is 12.8. The average molecular weight is 346 g/mol. The van der Waals surface area contributed by atoms with E-state index in [1.165, 1.54) is 7.11 Å². The summed E-state index contributed by atoms with van der Waals surface area (Å²) in [6.45, 7) is 2.43. The molecule has 0 bridgehead atoms. The highest BCUT2D eigenvalue weighted by Crippen LogP contribution is 2.33. The van der Waals surface area contributed by atoms with Crippen LogP contribution in [0.1, 0.15) is 49.4 Å². The zero-order valence-corrected chi connectivity index (χ0v) is 15.0. The minimum Gasteiger partial charge on any atom is -0.490 e. The Hall–Kier alpha value is -2.14. The van der Waals surface area contributed by atoms with Crippen LogP contribution in [0.5, 0.6) is 11.5 Å². The van der Waals surface area contributed by atoms with Crippen molar-refractivity contribution in [3.8, 4) is 11.5 Å². The maximum Gasteiger partial charge on any atom is 0.188 e. The maximum atomic E-state index is 12.8. The number of allylic oxidation sites excluding steroid dienone is 2. The minimum absolute atomic E-state index is 0.0259. The molecule has 0 aliphatic heterocycles. The Morgan fingerprint density at radius 2 is 2.12 bits per heavy atom. The van der Waals surface area contributed by atoms with Gasteiger partial charge in [-0.15, -0.1) is 0 Å². The van der Waals surface area contributed by atoms with Gasteiger partial charge in [-0.05, 0) is 50.3 Å². The molecule has 136 valence electrons. The first-order chi connectivity index (χ1) is 12.2. The molecular formula is C20H26O5. The normalized spacial score (nSPS) is 17.7. The molecule has 1 aromatic rings. The molecule has 0 spiro atoms. The highest BCUT2D eigenvalue weighted by Gasteiger charge is 2.21. The van der Waals surface area contributed by atoms with Gasteiger partial charge in [0, 0.05) is 20.0 Å². The number of hydrogen-bond acceptors (Lipinski definition) is 5. The Balaban J connectivity index is 2.15. The summed E-state index contributed by atoms with van der Waals surface area (Å²) in [5.41, 5.74) is 0.519. The molecule has 25 heavy (non-hydrogen) atoms. The standard InChI is InChI=1S/C20H26O5/c1-3-24-19-12-6-11-17(20(19)25-14-23-2)18(22)13-15-7-4-9-16(21)10-5-8-15/h4,6,9,11-12,15H,3,5,7-8,10,13-14H2,1-2H3. The van der Waals surface area contributed by atoms with Crippen molar-refractivity contribution in [2.24, 2.45) is 5.92 Å². The van der Waals surface area contributed by atoms with Crippen molar-refractivity contribution >= 4 is 11.6 Å². The van der Waals surface area contributed by atoms with Crippen LogP contribution < -0.4 is 9.47 Å². The largest absolute Gasteiger partial charge is 0.490 e. The summed E-state index contributed by atoms with van der Waals surface area (Å²) < 4.78 is 16.2. The van der Waals surface area contributed by atoms with Crippen LogP contribution in [0.25, 0.3) is 0 Å². The molecule has 0 heterocycles. The van der Waals surface area contributed by atoms with Crippen molar-refractivity contribution in [2.45, 2.75) is 39.0 Å². The van der Waals surface area contributed by atoms with Crippen molar-refractivity contribution < 1.29 is 23.8 Å². The van der Waals surface area contributed by atoms with Crippen LogP contribution in [0.4, 0.5) is 0 Å². The molecular weight excluding hydrogens is 320 g/mol. The second-order valence-corrected chi connectivity index (χ2v) is 6.11. The number of rotatable bonds is 8. The van der Waals surface area contributed by atoms with Crippen molar-refractivity contribution in [3.63, 3.8) is 0 Å². The Morgan fingerprint density at radius 3 is 2.88 bits per heavy atom. The number of carbonyl (C=O) groups is 2. The third-order valence-corrected chi connectivity index (χ3v) is 4.18. The molecule has 0 N–H and O–H groups in total. The summed E-state index contributed by atoms with van der Waals surface area (Å²) in [6.07, 6.45) is 6.96. The molecule has 1 aliphatic carbocycles. The molecule has 1 aromatic carbocycles. The van der Waals surface area contributed by atoms with Gasteiger partial charge in [-0.3, -0.25) is 9.59 Å². The van der Waals surface area contributed by atoms with Crippen molar-refractivity contribution in [3.05, 3.63) is 35.9 Å². The SMILES string of the molecule is CCOc1cccc(C(=O)CC2CC=CC(=O)CCC2)c1OCOC. The number of methoxy groups -OCH3 is 1. The van der Waals surface area contributed by atoms with E-state index in [4.69, 9.17) is 14.2 Å². The third kappa shape index (κ3) is 5.71. The molecule has 0 fully saturated rings. The van der Waals surface area contributed by atoms with Gasteiger partial charge in [0.05, 0.1) is 12.2 Å². The van der Waals surface area contributed by atoms with Crippen molar-refractivity contribution in [1.29, 1.82) is 0 Å². The quantitative estimate of drug-likeness (QED) is 0.527. The van der Waals surface area contributed by atoms with Gasteiger partial charge in [0.2, 0.25) is 0 Å². The smallest absolute Gasteiger partial charge is 0.188 e. The zero-order chi connectivity index (χ0) is 18.1. The lowest BCUT2D eigenvalue weighted by Gasteiger charge is -2.18. The second kappa shape index (κ2) is 9.99. The molecule has 5 nitrogen and oxygen atoms in total. The van der Waals surface area contributed by atoms with Gasteiger partial charge in [0.25, 0.3) is 0 Å². The van der Waals surface area contributed by atoms with E-state index in [0.717, 1.165) is 19.3 Å². The Bertz CT molecular complexity index is 621. The monoisotopic (exact) mass is 346 g/mol. The Kier molecular flexibility index (Phi) is 7.67. The molecule has 1 atom stereocenters. The topological polar surface area (TPSA) is 61.8 Å². The molecule has 1 aliphatic rings. The highest BCUT2D eigenvalue weighted by atomic mass is 16.7. The van der Waals surface area contributed by atoms with Gasteiger partial charge in [-0.25, -0.2) is 0 Å². The molecule has 0 saturated carbocycles. The summed E-state index contributed by atoms with van der Waals surface area (Å²) in [4.78, 5) is 24.3. The van der Waals surface area contributed by atoms with Crippen LogP contribution in [0.2, 0.25) is 0 Å². The van der Waals surface area contributed by atoms with E-state index in [-0.39, 0.29) is 24.3 Å². The van der Waals surface area contributed by atoms with E-state index in [1.807, 2.05) is 13.0 Å². The fourth-order valence-electron chi connectivity index (χ4n) is 2.99. The molecule has 5 heteroatoms. The average Bonchev–Trinajstić information content (AvgIpc) is 2.58. The molecule has 0 aromatic heterocycles. The lowest BCUT2D eigenvalue weighted by molar-refractivity contribution is -0.114. The molecule has 0 radical (unpaired) electrons. The first-order valence-corrected chi connectivity index (χ1v) is 8.75. The zero-order valence-electron chi connectivity index (χ0n) is 15.0. The fourth-order valence-corrected chi connectivity index (χ4v) is 2.99. The minimum atomic E-state index is 0.0259. The van der Waals surface area contributed by atoms with E-state index >= 15 is 0 Å². The van der Waals surface area contributed by atoms with Crippen molar-refractivity contribution in [1.82, 2.24) is 0 Å². The predicted molar refractivity (Wildman–Crippen MR) is 95.2 cm³/mol. The highest BCUT2D eigenvalue weighted by molar-refractivity contribution is 5.99. The van der Waals surface area contributed by atoms with Crippen LogP contribution in [-0.2, 0) is 9.53 Å². The van der Waals surface area contributed by atoms with Crippen LogP contribution >= 0.6 is 0 Å². The van der Waals surface area contributed by atoms with Gasteiger partial charge in [0.15, 0.2) is 29.9 Å². The van der Waals surface area contributed by atoms with Gasteiger partial charge in [-0.1, -0.05) is 12.1 Å². The van der Waals surface area contributed by atoms with Crippen LogP contribution in [0, 0.1) is 5.92 Å². The van der Waals surface area contributed by atoms with Gasteiger partial charge in [-0.2, -0.15) is 0 Å². The van der Waals surface area contributed by atoms with E-state index in [1.54, 1.807) is 24.3 Å². The first kappa shape index (κ1) is 19.2. The van der Waals surface area contributed by atoms with E-state index in [0.29, 0.717) is 36.5 Å². The number of hydrogen-bond donors (Lipinski definition) is 0. The summed E-state index contributed by atoms with van der Waals surface area (Å²) in [7, 11) is 1.53. The van der Waals surface area contributed by atoms with E-state index in [2.05, 4.69) is 0 Å². The van der Waals surface area contributed by atoms with Gasteiger partial charge >= 0.3 is 0 Å². The van der Waals surface area contributed by atoms with Crippen LogP contribution in [0.3, 0.4) is 0 Å². The molecule has 0 saturated heterocycles. The number of ketones is 2. The first-order valence-electron chi connectivity index (χ1n) is 8.75. The molecule has 0 amide bonds. The van der Waals surface area contributed by atoms with Gasteiger partial charge < -0.3 is 14.2 Å².